The van der Waals surface area contributed by atoms with Crippen molar-refractivity contribution in [2.24, 2.45) is 0 Å². The monoisotopic (exact) mass is 404 g/mol. The number of nitrogens with zero attached hydrogens (tertiary/aromatic N) is 2. The van der Waals surface area contributed by atoms with Crippen LogP contribution in [0.1, 0.15) is 21.6 Å². The number of halogens is 1. The second-order valence-electron chi connectivity index (χ2n) is 6.55. The van der Waals surface area contributed by atoms with Gasteiger partial charge in [0.1, 0.15) is 6.61 Å². The molecular formula is C23H17ClN2O3. The van der Waals surface area contributed by atoms with Gasteiger partial charge in [-0.05, 0) is 29.3 Å². The summed E-state index contributed by atoms with van der Waals surface area (Å²) in [6.45, 7) is 0.326. The predicted molar refractivity (Wildman–Crippen MR) is 112 cm³/mol. The van der Waals surface area contributed by atoms with Crippen LogP contribution < -0.4 is 5.56 Å². The van der Waals surface area contributed by atoms with E-state index in [4.69, 9.17) is 16.3 Å². The molecule has 0 aliphatic rings. The van der Waals surface area contributed by atoms with Crippen LogP contribution in [0.4, 0.5) is 0 Å². The van der Waals surface area contributed by atoms with Crippen LogP contribution in [0.3, 0.4) is 0 Å². The Balaban J connectivity index is 1.69. The van der Waals surface area contributed by atoms with Crippen molar-refractivity contribution in [3.63, 3.8) is 0 Å². The van der Waals surface area contributed by atoms with Crippen molar-refractivity contribution in [1.29, 1.82) is 0 Å². The molecule has 6 heteroatoms. The number of ether oxygens (including phenoxy) is 1. The normalized spacial score (nSPS) is 10.8. The molecule has 1 aromatic heterocycles. The van der Waals surface area contributed by atoms with Crippen LogP contribution in [0.15, 0.2) is 83.7 Å². The van der Waals surface area contributed by atoms with E-state index < -0.39 is 5.97 Å². The molecule has 3 aromatic carbocycles. The van der Waals surface area contributed by atoms with Gasteiger partial charge in [-0.15, -0.1) is 0 Å². The van der Waals surface area contributed by atoms with E-state index in [2.05, 4.69) is 5.10 Å². The van der Waals surface area contributed by atoms with Crippen LogP contribution in [0.2, 0.25) is 5.02 Å². The number of rotatable bonds is 5. The number of esters is 1. The summed E-state index contributed by atoms with van der Waals surface area (Å²) >= 11 is 5.98. The van der Waals surface area contributed by atoms with Gasteiger partial charge in [-0.3, -0.25) is 4.79 Å². The number of aromatic nitrogens is 2. The second-order valence-corrected chi connectivity index (χ2v) is 6.99. The van der Waals surface area contributed by atoms with Gasteiger partial charge in [0, 0.05) is 10.4 Å². The minimum Gasteiger partial charge on any atom is -0.456 e. The van der Waals surface area contributed by atoms with E-state index in [9.17, 15) is 9.59 Å². The number of fused-ring (bicyclic) bond motifs is 1. The minimum atomic E-state index is -0.594. The Hall–Kier alpha value is -3.44. The molecule has 0 N–H and O–H groups in total. The molecule has 0 spiro atoms. The van der Waals surface area contributed by atoms with E-state index in [-0.39, 0.29) is 24.4 Å². The standard InChI is InChI=1S/C23H17ClN2O3/c24-18-10-6-9-17(13-18)15-29-23(28)21-19-11-4-5-12-20(19)22(27)26(25-21)14-16-7-2-1-3-8-16/h1-13H,14-15H2. The van der Waals surface area contributed by atoms with Gasteiger partial charge in [-0.25, -0.2) is 9.48 Å². The maximum absolute atomic E-state index is 12.9. The van der Waals surface area contributed by atoms with E-state index in [0.717, 1.165) is 11.1 Å². The van der Waals surface area contributed by atoms with E-state index in [1.54, 1.807) is 42.5 Å². The third-order valence-electron chi connectivity index (χ3n) is 4.50. The zero-order chi connectivity index (χ0) is 20.2. The summed E-state index contributed by atoms with van der Waals surface area (Å²) in [7, 11) is 0. The molecule has 0 bridgehead atoms. The van der Waals surface area contributed by atoms with Gasteiger partial charge in [0.05, 0.1) is 11.9 Å². The van der Waals surface area contributed by atoms with E-state index in [1.165, 1.54) is 4.68 Å². The van der Waals surface area contributed by atoms with Gasteiger partial charge in [-0.1, -0.05) is 72.3 Å². The van der Waals surface area contributed by atoms with Crippen molar-refractivity contribution in [2.75, 3.05) is 0 Å². The molecule has 0 radical (unpaired) electrons. The highest BCUT2D eigenvalue weighted by Crippen LogP contribution is 2.17. The first kappa shape index (κ1) is 18.9. The lowest BCUT2D eigenvalue weighted by atomic mass is 10.1. The molecule has 4 aromatic rings. The summed E-state index contributed by atoms with van der Waals surface area (Å²) in [5.74, 6) is -0.594. The Bertz CT molecular complexity index is 1240. The van der Waals surface area contributed by atoms with Gasteiger partial charge < -0.3 is 4.74 Å². The van der Waals surface area contributed by atoms with Crippen LogP contribution in [-0.2, 0) is 17.9 Å². The fourth-order valence-corrected chi connectivity index (χ4v) is 3.31. The number of benzene rings is 3. The molecule has 0 unspecified atom stereocenters. The zero-order valence-corrected chi connectivity index (χ0v) is 16.2. The van der Waals surface area contributed by atoms with Gasteiger partial charge in [-0.2, -0.15) is 5.10 Å². The second kappa shape index (κ2) is 8.29. The Morgan fingerprint density at radius 3 is 2.34 bits per heavy atom. The molecule has 4 rings (SSSR count). The summed E-state index contributed by atoms with van der Waals surface area (Å²) < 4.78 is 6.75. The van der Waals surface area contributed by atoms with Gasteiger partial charge >= 0.3 is 5.97 Å². The van der Waals surface area contributed by atoms with E-state index >= 15 is 0 Å². The average Bonchev–Trinajstić information content (AvgIpc) is 2.75. The summed E-state index contributed by atoms with van der Waals surface area (Å²) in [6.07, 6.45) is 0. The lowest BCUT2D eigenvalue weighted by Gasteiger charge is -2.11. The molecule has 29 heavy (non-hydrogen) atoms. The van der Waals surface area contributed by atoms with Crippen molar-refractivity contribution in [1.82, 2.24) is 9.78 Å². The molecular weight excluding hydrogens is 388 g/mol. The lowest BCUT2D eigenvalue weighted by Crippen LogP contribution is -2.27. The van der Waals surface area contributed by atoms with Crippen LogP contribution in [0.5, 0.6) is 0 Å². The van der Waals surface area contributed by atoms with Gasteiger partial charge in [0.15, 0.2) is 5.69 Å². The molecule has 0 aliphatic carbocycles. The van der Waals surface area contributed by atoms with Crippen LogP contribution >= 0.6 is 11.6 Å². The Labute approximate surface area is 172 Å². The van der Waals surface area contributed by atoms with Crippen molar-refractivity contribution in [3.05, 3.63) is 111 Å². The SMILES string of the molecule is O=C(OCc1cccc(Cl)c1)c1nn(Cc2ccccc2)c(=O)c2ccccc12. The number of carbonyl (C=O) groups excluding carboxylic acids is 1. The highest BCUT2D eigenvalue weighted by Gasteiger charge is 2.18. The van der Waals surface area contributed by atoms with E-state index in [0.29, 0.717) is 15.8 Å². The zero-order valence-electron chi connectivity index (χ0n) is 15.4. The van der Waals surface area contributed by atoms with E-state index in [1.807, 2.05) is 36.4 Å². The highest BCUT2D eigenvalue weighted by atomic mass is 35.5. The molecule has 0 saturated heterocycles. The van der Waals surface area contributed by atoms with Crippen LogP contribution in [0, 0.1) is 0 Å². The van der Waals surface area contributed by atoms with Crippen LogP contribution in [0.25, 0.3) is 10.8 Å². The summed E-state index contributed by atoms with van der Waals surface area (Å²) in [5, 5.41) is 5.79. The first-order valence-electron chi connectivity index (χ1n) is 9.07. The van der Waals surface area contributed by atoms with Crippen molar-refractivity contribution in [3.8, 4) is 0 Å². The summed E-state index contributed by atoms with van der Waals surface area (Å²) in [5.41, 5.74) is 1.54. The summed E-state index contributed by atoms with van der Waals surface area (Å²) in [6, 6.07) is 23.5. The molecule has 5 nitrogen and oxygen atoms in total. The van der Waals surface area contributed by atoms with Crippen molar-refractivity contribution in [2.45, 2.75) is 13.2 Å². The van der Waals surface area contributed by atoms with Crippen molar-refractivity contribution >= 4 is 28.3 Å². The molecule has 0 atom stereocenters. The maximum Gasteiger partial charge on any atom is 0.359 e. The smallest absolute Gasteiger partial charge is 0.359 e. The van der Waals surface area contributed by atoms with Gasteiger partial charge in [0.2, 0.25) is 0 Å². The number of hydrogen-bond donors (Lipinski definition) is 0. The molecule has 144 valence electrons. The fraction of sp³-hybridized carbons (Fsp3) is 0.0870. The Morgan fingerprint density at radius 1 is 0.897 bits per heavy atom. The molecule has 0 aliphatic heterocycles. The number of hydrogen-bond acceptors (Lipinski definition) is 4. The third kappa shape index (κ3) is 4.20. The molecule has 0 amide bonds. The first-order chi connectivity index (χ1) is 14.1. The van der Waals surface area contributed by atoms with Crippen molar-refractivity contribution < 1.29 is 9.53 Å². The summed E-state index contributed by atoms with van der Waals surface area (Å²) in [4.78, 5) is 25.7. The van der Waals surface area contributed by atoms with Gasteiger partial charge in [0.25, 0.3) is 5.56 Å². The minimum absolute atomic E-state index is 0.0627. The highest BCUT2D eigenvalue weighted by molar-refractivity contribution is 6.30. The largest absolute Gasteiger partial charge is 0.456 e. The Morgan fingerprint density at radius 2 is 1.59 bits per heavy atom. The fourth-order valence-electron chi connectivity index (χ4n) is 3.09. The first-order valence-corrected chi connectivity index (χ1v) is 9.45. The molecule has 0 fully saturated rings. The maximum atomic E-state index is 12.9. The third-order valence-corrected chi connectivity index (χ3v) is 4.73. The molecule has 1 heterocycles. The quantitative estimate of drug-likeness (QED) is 0.461. The number of carbonyl (C=O) groups is 1. The Kier molecular flexibility index (Phi) is 5.40. The lowest BCUT2D eigenvalue weighted by molar-refractivity contribution is 0.0465. The topological polar surface area (TPSA) is 61.2 Å². The van der Waals surface area contributed by atoms with Crippen LogP contribution in [-0.4, -0.2) is 15.7 Å². The predicted octanol–water partition coefficient (Wildman–Crippen LogP) is 4.46. The molecule has 0 saturated carbocycles. The average molecular weight is 405 g/mol.